The standard InChI is InChI=1S/C55H43N5.Pt/c1-55(2,3)42-32-34-43(35-33-42)58-39-59(53-31-14-13-30-52(53)58)45-23-16-25-47(37-45)60(46-24-15-22-44(36-46)57-38-56(4)50-28-11-12-29-51(50)57)54-48(40-18-7-5-8-19-40)26-17-27-49(54)41-20-9-6-10-21-41;/h5-35H,1-4H3;/q-2;/i4D3;. The van der Waals surface area contributed by atoms with Crippen LogP contribution in [0.25, 0.3) is 22.3 Å². The SMILES string of the molecule is [2H]C([2H])([2H])N1[C]2=[Pt]=[C]3N(c4[c-]c(ccc4)N(c4c(-c5ccccc5)cccc4-c4ccccc4)c4[c-]c(ccc4)N2c2ccccc21)c1ccccc1N3c1ccc(C(C)(C)C)cc1. The molecule has 0 fully saturated rings. The summed E-state index contributed by atoms with van der Waals surface area (Å²) in [7, 11) is 0. The summed E-state index contributed by atoms with van der Waals surface area (Å²) in [6, 6.07) is 73.1. The van der Waals surface area contributed by atoms with E-state index in [1.54, 1.807) is 4.90 Å². The van der Waals surface area contributed by atoms with Gasteiger partial charge in [0.25, 0.3) is 0 Å². The van der Waals surface area contributed by atoms with Crippen LogP contribution in [0.4, 0.5) is 56.9 Å². The van der Waals surface area contributed by atoms with Crippen LogP contribution < -0.4 is 24.5 Å². The molecule has 0 radical (unpaired) electrons. The van der Waals surface area contributed by atoms with Crippen molar-refractivity contribution in [2.45, 2.75) is 26.2 Å². The van der Waals surface area contributed by atoms with Crippen molar-refractivity contribution < 1.29 is 21.8 Å². The number of nitrogens with zero attached hydrogens (tertiary/aromatic N) is 5. The third-order valence-corrected chi connectivity index (χ3v) is 14.5. The molecule has 4 bridgehead atoms. The van der Waals surface area contributed by atoms with Crippen molar-refractivity contribution in [1.29, 1.82) is 0 Å². The van der Waals surface area contributed by atoms with E-state index in [0.29, 0.717) is 9.83 Å². The van der Waals surface area contributed by atoms with Crippen LogP contribution in [-0.2, 0) is 23.1 Å². The number of hydrogen-bond acceptors (Lipinski definition) is 5. The Morgan fingerprint density at radius 1 is 0.426 bits per heavy atom. The summed E-state index contributed by atoms with van der Waals surface area (Å²) >= 11 is -1.32. The molecule has 5 nitrogen and oxygen atoms in total. The van der Waals surface area contributed by atoms with E-state index in [9.17, 15) is 0 Å². The number of hydrogen-bond donors (Lipinski definition) is 0. The van der Waals surface area contributed by atoms with E-state index in [1.165, 1.54) is 5.56 Å². The Labute approximate surface area is 370 Å². The first-order valence-corrected chi connectivity index (χ1v) is 22.7. The van der Waals surface area contributed by atoms with Crippen molar-refractivity contribution in [2.24, 2.45) is 0 Å². The van der Waals surface area contributed by atoms with Crippen molar-refractivity contribution in [2.75, 3.05) is 31.5 Å². The number of anilines is 10. The van der Waals surface area contributed by atoms with Gasteiger partial charge in [0.05, 0.1) is 0 Å². The number of para-hydroxylation sites is 5. The molecule has 0 aliphatic carbocycles. The van der Waals surface area contributed by atoms with Crippen molar-refractivity contribution in [3.8, 4) is 22.3 Å². The topological polar surface area (TPSA) is 16.2 Å². The number of rotatable bonds is 4. The van der Waals surface area contributed by atoms with E-state index < -0.39 is 24.6 Å². The van der Waals surface area contributed by atoms with Gasteiger partial charge in [-0.05, 0) is 0 Å². The summed E-state index contributed by atoms with van der Waals surface area (Å²) in [5.74, 6) is 0. The van der Waals surface area contributed by atoms with Crippen molar-refractivity contribution in [3.63, 3.8) is 0 Å². The van der Waals surface area contributed by atoms with E-state index in [4.69, 9.17) is 4.11 Å². The van der Waals surface area contributed by atoms with Gasteiger partial charge in [-0.25, -0.2) is 0 Å². The third-order valence-electron chi connectivity index (χ3n) is 11.5. The molecule has 3 aliphatic heterocycles. The van der Waals surface area contributed by atoms with Gasteiger partial charge in [-0.15, -0.1) is 0 Å². The Bertz CT molecular complexity index is 3100. The molecule has 6 heteroatoms. The molecule has 3 heterocycles. The van der Waals surface area contributed by atoms with Gasteiger partial charge in [-0.1, -0.05) is 0 Å². The molecule has 8 aromatic carbocycles. The van der Waals surface area contributed by atoms with E-state index in [1.807, 2.05) is 42.5 Å². The first kappa shape index (κ1) is 34.0. The van der Waals surface area contributed by atoms with E-state index in [-0.39, 0.29) is 5.41 Å². The molecule has 300 valence electrons. The molecule has 3 aliphatic rings. The maximum atomic E-state index is 9.13. The molecule has 0 amide bonds. The normalized spacial score (nSPS) is 15.3. The van der Waals surface area contributed by atoms with Crippen LogP contribution in [0, 0.1) is 12.1 Å². The molecule has 0 atom stereocenters. The average Bonchev–Trinajstić information content (AvgIpc) is 3.82. The molecule has 11 rings (SSSR count). The third kappa shape index (κ3) is 6.26. The fourth-order valence-corrected chi connectivity index (χ4v) is 11.9. The molecule has 0 N–H and O–H groups in total. The minimum absolute atomic E-state index is 0.0290. The summed E-state index contributed by atoms with van der Waals surface area (Å²) in [4.78, 5) is 10.7. The predicted molar refractivity (Wildman–Crippen MR) is 253 cm³/mol. The summed E-state index contributed by atoms with van der Waals surface area (Å²) < 4.78 is 29.1. The fourth-order valence-electron chi connectivity index (χ4n) is 8.52. The monoisotopic (exact) mass is 971 g/mol. The quantitative estimate of drug-likeness (QED) is 0.163. The number of fused-ring (bicyclic) bond motifs is 12. The zero-order valence-corrected chi connectivity index (χ0v) is 36.2. The Kier molecular flexibility index (Phi) is 8.20. The van der Waals surface area contributed by atoms with Crippen molar-refractivity contribution in [3.05, 3.63) is 206 Å². The molecule has 0 aromatic heterocycles. The van der Waals surface area contributed by atoms with Crippen LogP contribution in [0.15, 0.2) is 188 Å². The predicted octanol–water partition coefficient (Wildman–Crippen LogP) is 13.5. The van der Waals surface area contributed by atoms with Crippen LogP contribution >= 0.6 is 0 Å². The molecule has 0 saturated heterocycles. The molecule has 61 heavy (non-hydrogen) atoms. The molecule has 8 aromatic rings. The Morgan fingerprint density at radius 2 is 0.869 bits per heavy atom. The summed E-state index contributed by atoms with van der Waals surface area (Å²) in [6.45, 7) is 4.21. The van der Waals surface area contributed by atoms with Crippen LogP contribution in [-0.4, -0.2) is 15.3 Å². The van der Waals surface area contributed by atoms with Gasteiger partial charge in [0, 0.05) is 0 Å². The van der Waals surface area contributed by atoms with Crippen LogP contribution in [0.3, 0.4) is 0 Å². The Hall–Kier alpha value is -6.81. The van der Waals surface area contributed by atoms with E-state index >= 15 is 0 Å². The molecular formula is C55H43N5Pt-2. The van der Waals surface area contributed by atoms with Gasteiger partial charge < -0.3 is 0 Å². The van der Waals surface area contributed by atoms with Crippen LogP contribution in [0.5, 0.6) is 0 Å². The first-order chi connectivity index (χ1) is 31.0. The average molecular weight is 972 g/mol. The number of benzene rings is 8. The van der Waals surface area contributed by atoms with E-state index in [2.05, 4.69) is 198 Å². The van der Waals surface area contributed by atoms with Crippen molar-refractivity contribution >= 4 is 65.2 Å². The second kappa shape index (κ2) is 14.7. The van der Waals surface area contributed by atoms with Crippen molar-refractivity contribution in [1.82, 2.24) is 0 Å². The zero-order valence-electron chi connectivity index (χ0n) is 37.0. The second-order valence-electron chi connectivity index (χ2n) is 16.3. The van der Waals surface area contributed by atoms with Gasteiger partial charge in [-0.3, -0.25) is 0 Å². The van der Waals surface area contributed by atoms with Gasteiger partial charge in [0.1, 0.15) is 0 Å². The Balaban J connectivity index is 1.26. The van der Waals surface area contributed by atoms with Gasteiger partial charge in [0.2, 0.25) is 0 Å². The van der Waals surface area contributed by atoms with Gasteiger partial charge in [0.15, 0.2) is 0 Å². The second-order valence-corrected chi connectivity index (χ2v) is 18.9. The zero-order chi connectivity index (χ0) is 43.7. The summed E-state index contributed by atoms with van der Waals surface area (Å²) in [5.41, 5.74) is 14.1. The maximum absolute atomic E-state index is 9.13. The molecular weight excluding hydrogens is 926 g/mol. The summed E-state index contributed by atoms with van der Waals surface area (Å²) in [5, 5.41) is 0. The minimum atomic E-state index is -2.48. The van der Waals surface area contributed by atoms with Gasteiger partial charge >= 0.3 is 373 Å². The fraction of sp³-hybridized carbons (Fsp3) is 0.0909. The first-order valence-electron chi connectivity index (χ1n) is 21.9. The Morgan fingerprint density at radius 3 is 1.39 bits per heavy atom. The molecule has 0 unspecified atom stereocenters. The van der Waals surface area contributed by atoms with Gasteiger partial charge in [-0.2, -0.15) is 0 Å². The van der Waals surface area contributed by atoms with E-state index in [0.717, 1.165) is 77.6 Å². The molecule has 0 saturated carbocycles. The summed E-state index contributed by atoms with van der Waals surface area (Å²) in [6.07, 6.45) is 0. The van der Waals surface area contributed by atoms with Crippen LogP contribution in [0.1, 0.15) is 30.4 Å². The van der Waals surface area contributed by atoms with Crippen LogP contribution in [0.2, 0.25) is 0 Å². The molecule has 0 spiro atoms.